The minimum absolute atomic E-state index is 0.124. The minimum Gasteiger partial charge on any atom is -0.345 e. The van der Waals surface area contributed by atoms with Crippen molar-refractivity contribution >= 4 is 22.8 Å². The summed E-state index contributed by atoms with van der Waals surface area (Å²) in [6.45, 7) is 7.52. The maximum atomic E-state index is 11.3. The summed E-state index contributed by atoms with van der Waals surface area (Å²) in [5, 5.41) is 2.13. The van der Waals surface area contributed by atoms with Gasteiger partial charge >= 0.3 is 0 Å². The van der Waals surface area contributed by atoms with E-state index in [0.717, 1.165) is 0 Å². The highest BCUT2D eigenvalue weighted by molar-refractivity contribution is 6.64. The molecule has 14 heavy (non-hydrogen) atoms. The molecule has 0 aromatic rings. The molecule has 1 amide bonds. The normalized spacial score (nSPS) is 13.1. The van der Waals surface area contributed by atoms with Crippen LogP contribution in [0.2, 0.25) is 0 Å². The van der Waals surface area contributed by atoms with Crippen LogP contribution in [0.3, 0.4) is 0 Å². The fraction of sp³-hybridized carbons (Fsp3) is 0.800. The van der Waals surface area contributed by atoms with Crippen LogP contribution in [-0.2, 0) is 9.59 Å². The molecule has 0 aliphatic rings. The van der Waals surface area contributed by atoms with E-state index in [-0.39, 0.29) is 11.8 Å². The van der Waals surface area contributed by atoms with Gasteiger partial charge in [0, 0.05) is 5.92 Å². The first-order valence-electron chi connectivity index (χ1n) is 4.84. The standard InChI is InChI=1S/C10H18ClNO2/c1-6(2)5-8(9(11)13)12-10(14)7(3)4/h6-8H,5H2,1-4H3,(H,12,14). The molecular weight excluding hydrogens is 202 g/mol. The summed E-state index contributed by atoms with van der Waals surface area (Å²) >= 11 is 5.38. The van der Waals surface area contributed by atoms with E-state index in [4.69, 9.17) is 11.6 Å². The van der Waals surface area contributed by atoms with Crippen molar-refractivity contribution in [3.8, 4) is 0 Å². The second kappa shape index (κ2) is 6.02. The Morgan fingerprint density at radius 2 is 1.71 bits per heavy atom. The smallest absolute Gasteiger partial charge is 0.244 e. The van der Waals surface area contributed by atoms with E-state index >= 15 is 0 Å². The molecule has 0 aromatic heterocycles. The molecular formula is C10H18ClNO2. The van der Waals surface area contributed by atoms with E-state index in [1.165, 1.54) is 0 Å². The molecule has 0 spiro atoms. The predicted molar refractivity (Wildman–Crippen MR) is 57.1 cm³/mol. The van der Waals surface area contributed by atoms with Gasteiger partial charge in [-0.05, 0) is 23.9 Å². The molecule has 0 saturated heterocycles. The van der Waals surface area contributed by atoms with Crippen molar-refractivity contribution in [2.24, 2.45) is 11.8 Å². The van der Waals surface area contributed by atoms with Gasteiger partial charge in [-0.3, -0.25) is 9.59 Å². The summed E-state index contributed by atoms with van der Waals surface area (Å²) in [6.07, 6.45) is 0.584. The van der Waals surface area contributed by atoms with Gasteiger partial charge in [0.15, 0.2) is 0 Å². The highest BCUT2D eigenvalue weighted by atomic mass is 35.5. The third-order valence-electron chi connectivity index (χ3n) is 1.82. The number of hydrogen-bond donors (Lipinski definition) is 1. The maximum Gasteiger partial charge on any atom is 0.244 e. The van der Waals surface area contributed by atoms with Crippen molar-refractivity contribution in [2.45, 2.75) is 40.2 Å². The number of nitrogens with one attached hydrogen (secondary N) is 1. The number of amides is 1. The maximum absolute atomic E-state index is 11.3. The van der Waals surface area contributed by atoms with Crippen LogP contribution in [0.1, 0.15) is 34.1 Å². The monoisotopic (exact) mass is 219 g/mol. The van der Waals surface area contributed by atoms with Crippen molar-refractivity contribution in [2.75, 3.05) is 0 Å². The summed E-state index contributed by atoms with van der Waals surface area (Å²) in [6, 6.07) is -0.549. The fourth-order valence-corrected chi connectivity index (χ4v) is 1.16. The molecule has 0 bridgehead atoms. The van der Waals surface area contributed by atoms with Gasteiger partial charge < -0.3 is 5.32 Å². The zero-order valence-corrected chi connectivity index (χ0v) is 9.89. The van der Waals surface area contributed by atoms with E-state index in [1.54, 1.807) is 13.8 Å². The molecule has 82 valence electrons. The average molecular weight is 220 g/mol. The minimum atomic E-state index is -0.549. The highest BCUT2D eigenvalue weighted by Gasteiger charge is 2.20. The molecule has 0 heterocycles. The zero-order valence-electron chi connectivity index (χ0n) is 9.13. The topological polar surface area (TPSA) is 46.2 Å². The van der Waals surface area contributed by atoms with Gasteiger partial charge in [-0.1, -0.05) is 27.7 Å². The lowest BCUT2D eigenvalue weighted by Gasteiger charge is -2.17. The Balaban J connectivity index is 4.23. The average Bonchev–Trinajstić information content (AvgIpc) is 2.01. The molecule has 0 fully saturated rings. The summed E-state index contributed by atoms with van der Waals surface area (Å²) in [7, 11) is 0. The molecule has 0 aliphatic heterocycles. The molecule has 1 N–H and O–H groups in total. The highest BCUT2D eigenvalue weighted by Crippen LogP contribution is 2.08. The number of hydrogen-bond acceptors (Lipinski definition) is 2. The summed E-state index contributed by atoms with van der Waals surface area (Å²) < 4.78 is 0. The predicted octanol–water partition coefficient (Wildman–Crippen LogP) is 1.94. The lowest BCUT2D eigenvalue weighted by Crippen LogP contribution is -2.41. The number of carbonyl (C=O) groups is 2. The SMILES string of the molecule is CC(C)CC(NC(=O)C(C)C)C(=O)Cl. The molecule has 0 aromatic carbocycles. The largest absolute Gasteiger partial charge is 0.345 e. The Bertz CT molecular complexity index is 214. The van der Waals surface area contributed by atoms with Gasteiger partial charge in [0.25, 0.3) is 0 Å². The third kappa shape index (κ3) is 5.22. The van der Waals surface area contributed by atoms with Crippen LogP contribution < -0.4 is 5.32 Å². The van der Waals surface area contributed by atoms with Gasteiger partial charge in [0.1, 0.15) is 6.04 Å². The van der Waals surface area contributed by atoms with Gasteiger partial charge in [-0.2, -0.15) is 0 Å². The molecule has 1 atom stereocenters. The first kappa shape index (κ1) is 13.4. The fourth-order valence-electron chi connectivity index (χ4n) is 1.02. The van der Waals surface area contributed by atoms with E-state index in [1.807, 2.05) is 13.8 Å². The lowest BCUT2D eigenvalue weighted by molar-refractivity contribution is -0.127. The first-order chi connectivity index (χ1) is 6.34. The van der Waals surface area contributed by atoms with Gasteiger partial charge in [-0.15, -0.1) is 0 Å². The van der Waals surface area contributed by atoms with Crippen LogP contribution in [0.4, 0.5) is 0 Å². The Kier molecular flexibility index (Phi) is 5.77. The molecule has 4 heteroatoms. The Morgan fingerprint density at radius 1 is 1.21 bits per heavy atom. The van der Waals surface area contributed by atoms with Crippen LogP contribution in [0, 0.1) is 11.8 Å². The van der Waals surface area contributed by atoms with Crippen molar-refractivity contribution in [3.05, 3.63) is 0 Å². The van der Waals surface area contributed by atoms with Crippen molar-refractivity contribution < 1.29 is 9.59 Å². The van der Waals surface area contributed by atoms with E-state index in [0.29, 0.717) is 12.3 Å². The zero-order chi connectivity index (χ0) is 11.3. The summed E-state index contributed by atoms with van der Waals surface area (Å²) in [4.78, 5) is 22.3. The van der Waals surface area contributed by atoms with Crippen LogP contribution in [0.5, 0.6) is 0 Å². The summed E-state index contributed by atoms with van der Waals surface area (Å²) in [5.41, 5.74) is 0. The third-order valence-corrected chi connectivity index (χ3v) is 2.09. The van der Waals surface area contributed by atoms with Gasteiger partial charge in [0.2, 0.25) is 11.1 Å². The first-order valence-corrected chi connectivity index (χ1v) is 5.22. The molecule has 0 saturated carbocycles. The van der Waals surface area contributed by atoms with Crippen LogP contribution in [-0.4, -0.2) is 17.2 Å². The summed E-state index contributed by atoms with van der Waals surface area (Å²) in [5.74, 6) is 0.0699. The molecule has 1 unspecified atom stereocenters. The molecule has 0 rings (SSSR count). The second-order valence-electron chi connectivity index (χ2n) is 4.15. The Morgan fingerprint density at radius 3 is 2.00 bits per heavy atom. The lowest BCUT2D eigenvalue weighted by atomic mass is 10.0. The van der Waals surface area contributed by atoms with Gasteiger partial charge in [0.05, 0.1) is 0 Å². The number of halogens is 1. The van der Waals surface area contributed by atoms with Crippen molar-refractivity contribution in [1.82, 2.24) is 5.32 Å². The number of rotatable bonds is 5. The van der Waals surface area contributed by atoms with Crippen LogP contribution >= 0.6 is 11.6 Å². The van der Waals surface area contributed by atoms with Crippen LogP contribution in [0.15, 0.2) is 0 Å². The molecule has 0 radical (unpaired) electrons. The van der Waals surface area contributed by atoms with Crippen molar-refractivity contribution in [3.63, 3.8) is 0 Å². The van der Waals surface area contributed by atoms with Crippen molar-refractivity contribution in [1.29, 1.82) is 0 Å². The second-order valence-corrected chi connectivity index (χ2v) is 4.52. The van der Waals surface area contributed by atoms with Gasteiger partial charge in [-0.25, -0.2) is 0 Å². The Hall–Kier alpha value is -0.570. The number of carbonyl (C=O) groups excluding carboxylic acids is 2. The molecule has 3 nitrogen and oxygen atoms in total. The molecule has 0 aliphatic carbocycles. The quantitative estimate of drug-likeness (QED) is 0.719. The van der Waals surface area contributed by atoms with E-state index in [2.05, 4.69) is 5.32 Å². The van der Waals surface area contributed by atoms with E-state index < -0.39 is 11.3 Å². The Labute approximate surface area is 90.2 Å². The van der Waals surface area contributed by atoms with Crippen LogP contribution in [0.25, 0.3) is 0 Å². The van der Waals surface area contributed by atoms with E-state index in [9.17, 15) is 9.59 Å².